The van der Waals surface area contributed by atoms with Crippen LogP contribution in [0.25, 0.3) is 0 Å². The Hall–Kier alpha value is -1.99. The predicted octanol–water partition coefficient (Wildman–Crippen LogP) is 2.68. The minimum absolute atomic E-state index is 0.137. The molecule has 1 aromatic carbocycles. The zero-order valence-electron chi connectivity index (χ0n) is 13.6. The van der Waals surface area contributed by atoms with Gasteiger partial charge in [0.05, 0.1) is 11.4 Å². The van der Waals surface area contributed by atoms with Gasteiger partial charge in [-0.15, -0.1) is 0 Å². The summed E-state index contributed by atoms with van der Waals surface area (Å²) in [6, 6.07) is 7.38. The monoisotopic (exact) mass is 350 g/mol. The van der Waals surface area contributed by atoms with Crippen LogP contribution in [0.5, 0.6) is 5.88 Å². The van der Waals surface area contributed by atoms with Crippen molar-refractivity contribution in [2.24, 2.45) is 0 Å². The molecule has 1 atom stereocenters. The lowest BCUT2D eigenvalue weighted by atomic mass is 10.2. The first-order chi connectivity index (χ1) is 11.4. The molecule has 1 aliphatic rings. The van der Waals surface area contributed by atoms with E-state index in [1.807, 2.05) is 13.0 Å². The molecule has 0 bridgehead atoms. The van der Waals surface area contributed by atoms with Crippen LogP contribution >= 0.6 is 0 Å². The lowest BCUT2D eigenvalue weighted by Crippen LogP contribution is -2.31. The van der Waals surface area contributed by atoms with E-state index in [0.29, 0.717) is 24.4 Å². The van der Waals surface area contributed by atoms with E-state index in [4.69, 9.17) is 4.74 Å². The molecule has 1 fully saturated rings. The molecule has 0 N–H and O–H groups in total. The second-order valence-electron chi connectivity index (χ2n) is 5.98. The lowest BCUT2D eigenvalue weighted by molar-refractivity contribution is 0.207. The fraction of sp³-hybridized carbons (Fsp3) is 0.353. The van der Waals surface area contributed by atoms with E-state index in [9.17, 15) is 12.8 Å². The summed E-state index contributed by atoms with van der Waals surface area (Å²) >= 11 is 0. The summed E-state index contributed by atoms with van der Waals surface area (Å²) in [7, 11) is -3.65. The molecule has 0 aliphatic carbocycles. The number of sulfonamides is 1. The predicted molar refractivity (Wildman–Crippen MR) is 87.9 cm³/mol. The highest BCUT2D eigenvalue weighted by Gasteiger charge is 2.34. The van der Waals surface area contributed by atoms with Crippen LogP contribution in [0.2, 0.25) is 0 Å². The Morgan fingerprint density at radius 1 is 1.25 bits per heavy atom. The van der Waals surface area contributed by atoms with Crippen molar-refractivity contribution in [3.8, 4) is 5.88 Å². The van der Waals surface area contributed by atoms with E-state index in [1.54, 1.807) is 19.2 Å². The van der Waals surface area contributed by atoms with Crippen molar-refractivity contribution < 1.29 is 17.5 Å². The van der Waals surface area contributed by atoms with Crippen LogP contribution in [0.4, 0.5) is 4.39 Å². The highest BCUT2D eigenvalue weighted by Crippen LogP contribution is 2.26. The highest BCUT2D eigenvalue weighted by atomic mass is 32.2. The number of hydrogen-bond donors (Lipinski definition) is 0. The Bertz CT molecular complexity index is 837. The molecule has 1 aromatic heterocycles. The van der Waals surface area contributed by atoms with Crippen molar-refractivity contribution in [1.29, 1.82) is 0 Å². The van der Waals surface area contributed by atoms with Gasteiger partial charge in [0, 0.05) is 18.8 Å². The summed E-state index contributed by atoms with van der Waals surface area (Å²) in [4.78, 5) is 4.32. The van der Waals surface area contributed by atoms with Gasteiger partial charge in [-0.05, 0) is 49.6 Å². The van der Waals surface area contributed by atoms with E-state index in [2.05, 4.69) is 4.98 Å². The van der Waals surface area contributed by atoms with Gasteiger partial charge in [0.25, 0.3) is 0 Å². The smallest absolute Gasteiger partial charge is 0.243 e. The second kappa shape index (κ2) is 6.49. The third-order valence-electron chi connectivity index (χ3n) is 4.03. The number of halogens is 1. The van der Waals surface area contributed by atoms with Gasteiger partial charge in [0.1, 0.15) is 11.9 Å². The van der Waals surface area contributed by atoms with Gasteiger partial charge in [-0.2, -0.15) is 4.31 Å². The number of aromatic nitrogens is 1. The minimum atomic E-state index is -3.65. The van der Waals surface area contributed by atoms with E-state index in [-0.39, 0.29) is 17.5 Å². The molecule has 0 spiro atoms. The van der Waals surface area contributed by atoms with Crippen molar-refractivity contribution in [3.63, 3.8) is 0 Å². The van der Waals surface area contributed by atoms with Gasteiger partial charge >= 0.3 is 0 Å². The molecule has 5 nitrogen and oxygen atoms in total. The van der Waals surface area contributed by atoms with Gasteiger partial charge in [-0.25, -0.2) is 17.8 Å². The fourth-order valence-electron chi connectivity index (χ4n) is 2.75. The molecule has 0 amide bonds. The van der Waals surface area contributed by atoms with Crippen LogP contribution in [0, 0.1) is 19.7 Å². The topological polar surface area (TPSA) is 59.5 Å². The quantitative estimate of drug-likeness (QED) is 0.851. The van der Waals surface area contributed by atoms with Crippen molar-refractivity contribution in [2.75, 3.05) is 13.1 Å². The second-order valence-corrected chi connectivity index (χ2v) is 7.88. The van der Waals surface area contributed by atoms with Crippen LogP contribution < -0.4 is 4.74 Å². The van der Waals surface area contributed by atoms with Crippen molar-refractivity contribution in [3.05, 3.63) is 53.5 Å². The van der Waals surface area contributed by atoms with Gasteiger partial charge in [0.2, 0.25) is 15.9 Å². The number of pyridine rings is 1. The molecule has 2 heterocycles. The van der Waals surface area contributed by atoms with Crippen LogP contribution in [0.3, 0.4) is 0 Å². The zero-order chi connectivity index (χ0) is 17.3. The maximum atomic E-state index is 13.2. The summed E-state index contributed by atoms with van der Waals surface area (Å²) in [5, 5.41) is 0. The van der Waals surface area contributed by atoms with Crippen LogP contribution in [0.15, 0.2) is 41.4 Å². The molecule has 1 aliphatic heterocycles. The van der Waals surface area contributed by atoms with Gasteiger partial charge in [-0.3, -0.25) is 0 Å². The highest BCUT2D eigenvalue weighted by molar-refractivity contribution is 7.89. The van der Waals surface area contributed by atoms with Crippen LogP contribution in [0.1, 0.15) is 17.5 Å². The molecule has 128 valence electrons. The largest absolute Gasteiger partial charge is 0.473 e. The molecule has 0 radical (unpaired) electrons. The molecular formula is C17H19FN2O3S. The summed E-state index contributed by atoms with van der Waals surface area (Å²) in [6.07, 6.45) is 2.06. The fourth-order valence-corrected chi connectivity index (χ4v) is 4.44. The van der Waals surface area contributed by atoms with E-state index in [0.717, 1.165) is 5.56 Å². The normalized spacial score (nSPS) is 18.7. The first-order valence-electron chi connectivity index (χ1n) is 7.72. The molecule has 2 aromatic rings. The maximum absolute atomic E-state index is 13.2. The Morgan fingerprint density at radius 3 is 2.71 bits per heavy atom. The average molecular weight is 350 g/mol. The Kier molecular flexibility index (Phi) is 4.56. The summed E-state index contributed by atoms with van der Waals surface area (Å²) in [5.41, 5.74) is 1.43. The molecule has 1 saturated heterocycles. The zero-order valence-corrected chi connectivity index (χ0v) is 14.4. The van der Waals surface area contributed by atoms with E-state index < -0.39 is 15.8 Å². The minimum Gasteiger partial charge on any atom is -0.473 e. The molecule has 1 unspecified atom stereocenters. The van der Waals surface area contributed by atoms with E-state index >= 15 is 0 Å². The van der Waals surface area contributed by atoms with Crippen molar-refractivity contribution in [2.45, 2.75) is 31.3 Å². The molecule has 7 heteroatoms. The summed E-state index contributed by atoms with van der Waals surface area (Å²) in [6.45, 7) is 4.16. The standard InChI is InChI=1S/C17H19FN2O3S/c1-12-3-6-17(19-10-12)23-15-7-8-20(11-15)24(21,22)16-5-4-14(18)9-13(16)2/h3-6,9-10,15H,7-8,11H2,1-2H3. The SMILES string of the molecule is Cc1ccc(OC2CCN(S(=O)(=O)c3ccc(F)cc3C)C2)nc1. The van der Waals surface area contributed by atoms with Gasteiger partial charge < -0.3 is 4.74 Å². The maximum Gasteiger partial charge on any atom is 0.243 e. The Morgan fingerprint density at radius 2 is 2.04 bits per heavy atom. The van der Waals surface area contributed by atoms with Gasteiger partial charge in [-0.1, -0.05) is 6.07 Å². The van der Waals surface area contributed by atoms with Crippen molar-refractivity contribution >= 4 is 10.0 Å². The number of nitrogens with zero attached hydrogens (tertiary/aromatic N) is 2. The number of rotatable bonds is 4. The number of hydrogen-bond acceptors (Lipinski definition) is 4. The van der Waals surface area contributed by atoms with E-state index in [1.165, 1.54) is 22.5 Å². The van der Waals surface area contributed by atoms with Gasteiger partial charge in [0.15, 0.2) is 0 Å². The number of aryl methyl sites for hydroxylation is 2. The van der Waals surface area contributed by atoms with Crippen molar-refractivity contribution in [1.82, 2.24) is 9.29 Å². The first kappa shape index (κ1) is 16.9. The molecule has 0 saturated carbocycles. The van der Waals surface area contributed by atoms with Crippen LogP contribution in [-0.4, -0.2) is 36.9 Å². The number of benzene rings is 1. The Labute approximate surface area is 141 Å². The third kappa shape index (κ3) is 3.42. The molecule has 24 heavy (non-hydrogen) atoms. The van der Waals surface area contributed by atoms with Crippen LogP contribution in [-0.2, 0) is 10.0 Å². The first-order valence-corrected chi connectivity index (χ1v) is 9.16. The molecule has 3 rings (SSSR count). The average Bonchev–Trinajstić information content (AvgIpc) is 2.98. The Balaban J connectivity index is 1.73. The molecular weight excluding hydrogens is 331 g/mol. The third-order valence-corrected chi connectivity index (χ3v) is 6.06. The summed E-state index contributed by atoms with van der Waals surface area (Å²) in [5.74, 6) is 0.0438. The summed E-state index contributed by atoms with van der Waals surface area (Å²) < 4.78 is 45.8. The lowest BCUT2D eigenvalue weighted by Gasteiger charge is -2.18. The number of ether oxygens (including phenoxy) is 1.